The molecular weight excluding hydrogens is 389 g/mol. The highest BCUT2D eigenvalue weighted by Crippen LogP contribution is 2.31. The van der Waals surface area contributed by atoms with Gasteiger partial charge in [-0.25, -0.2) is 0 Å². The summed E-state index contributed by atoms with van der Waals surface area (Å²) < 4.78 is 36.9. The second kappa shape index (κ2) is 7.19. The molecule has 1 aliphatic heterocycles. The Morgan fingerprint density at radius 3 is 2.44 bits per heavy atom. The maximum absolute atomic E-state index is 12.3. The minimum Gasteiger partial charge on any atom is -0.325 e. The van der Waals surface area contributed by atoms with Gasteiger partial charge in [-0.3, -0.25) is 14.4 Å². The van der Waals surface area contributed by atoms with Gasteiger partial charge < -0.3 is 10.6 Å². The number of rotatable bonds is 3. The summed E-state index contributed by atoms with van der Waals surface area (Å²) in [7, 11) is 0. The molecule has 0 saturated carbocycles. The van der Waals surface area contributed by atoms with Gasteiger partial charge in [0.1, 0.15) is 5.69 Å². The molecule has 1 aromatic carbocycles. The Labute approximate surface area is 152 Å². The standard InChI is InChI=1S/C14H9F3N6O3S/c15-14(16,17)27-13-20-11(25)9(12(26)21-13)10(24)19-7-3-1-6(2-4-7)8-5-18-23-22-8/h1-5,9H,(H,19,24)(H,18,22,23)(H,20,21,25,26). The lowest BCUT2D eigenvalue weighted by molar-refractivity contribution is -0.139. The number of aromatic nitrogens is 3. The predicted octanol–water partition coefficient (Wildman–Crippen LogP) is 1.29. The number of amides is 3. The van der Waals surface area contributed by atoms with Gasteiger partial charge in [-0.15, -0.1) is 0 Å². The summed E-state index contributed by atoms with van der Waals surface area (Å²) in [6.07, 6.45) is 1.49. The van der Waals surface area contributed by atoms with Crippen LogP contribution in [0.3, 0.4) is 0 Å². The smallest absolute Gasteiger partial charge is 0.325 e. The van der Waals surface area contributed by atoms with Crippen molar-refractivity contribution in [1.29, 1.82) is 0 Å². The second-order valence-corrected chi connectivity index (χ2v) is 6.20. The minimum absolute atomic E-state index is 0.271. The van der Waals surface area contributed by atoms with Crippen LogP contribution in [0.5, 0.6) is 0 Å². The first-order valence-corrected chi connectivity index (χ1v) is 8.01. The normalized spacial score (nSPS) is 17.3. The fraction of sp³-hybridized carbons (Fsp3) is 0.143. The number of aliphatic imine (C=N–C) groups is 1. The van der Waals surface area contributed by atoms with Gasteiger partial charge in [0.15, 0.2) is 11.1 Å². The van der Waals surface area contributed by atoms with E-state index in [0.29, 0.717) is 11.3 Å². The monoisotopic (exact) mass is 398 g/mol. The molecule has 13 heteroatoms. The van der Waals surface area contributed by atoms with Gasteiger partial charge in [-0.2, -0.15) is 33.6 Å². The largest absolute Gasteiger partial charge is 0.449 e. The van der Waals surface area contributed by atoms with Crippen molar-refractivity contribution >= 4 is 40.3 Å². The van der Waals surface area contributed by atoms with E-state index >= 15 is 0 Å². The number of carbonyl (C=O) groups is 3. The highest BCUT2D eigenvalue weighted by molar-refractivity contribution is 8.14. The number of nitrogens with zero attached hydrogens (tertiary/aromatic N) is 3. The van der Waals surface area contributed by atoms with Crippen LogP contribution in [0, 0.1) is 5.92 Å². The van der Waals surface area contributed by atoms with Crippen LogP contribution in [0.2, 0.25) is 0 Å². The molecule has 3 N–H and O–H groups in total. The topological polar surface area (TPSA) is 129 Å². The number of nitrogens with one attached hydrogen (secondary N) is 3. The average Bonchev–Trinajstić information content (AvgIpc) is 3.07. The summed E-state index contributed by atoms with van der Waals surface area (Å²) in [4.78, 5) is 39.0. The van der Waals surface area contributed by atoms with Crippen molar-refractivity contribution in [3.05, 3.63) is 30.5 Å². The van der Waals surface area contributed by atoms with E-state index in [0.717, 1.165) is 0 Å². The van der Waals surface area contributed by atoms with Crippen LogP contribution in [0.4, 0.5) is 18.9 Å². The minimum atomic E-state index is -4.73. The highest BCUT2D eigenvalue weighted by atomic mass is 32.2. The van der Waals surface area contributed by atoms with Gasteiger partial charge in [-0.1, -0.05) is 12.1 Å². The number of H-pyrrole nitrogens is 1. The molecule has 2 aromatic rings. The van der Waals surface area contributed by atoms with Crippen LogP contribution < -0.4 is 10.6 Å². The molecule has 0 saturated heterocycles. The zero-order valence-electron chi connectivity index (χ0n) is 13.1. The third-order valence-electron chi connectivity index (χ3n) is 3.29. The molecule has 27 heavy (non-hydrogen) atoms. The molecule has 9 nitrogen and oxygen atoms in total. The van der Waals surface area contributed by atoms with Gasteiger partial charge in [0, 0.05) is 23.0 Å². The lowest BCUT2D eigenvalue weighted by Crippen LogP contribution is -2.48. The summed E-state index contributed by atoms with van der Waals surface area (Å²) in [6.45, 7) is 0. The van der Waals surface area contributed by atoms with Crippen molar-refractivity contribution in [2.45, 2.75) is 5.51 Å². The van der Waals surface area contributed by atoms with Crippen LogP contribution in [-0.2, 0) is 14.4 Å². The zero-order valence-corrected chi connectivity index (χ0v) is 13.9. The fourth-order valence-corrected chi connectivity index (χ4v) is 2.66. The lowest BCUT2D eigenvalue weighted by atomic mass is 10.1. The van der Waals surface area contributed by atoms with Crippen molar-refractivity contribution in [3.63, 3.8) is 0 Å². The van der Waals surface area contributed by atoms with Crippen molar-refractivity contribution in [1.82, 2.24) is 20.7 Å². The summed E-state index contributed by atoms with van der Waals surface area (Å²) in [5.41, 5.74) is -3.19. The Balaban J connectivity index is 1.69. The number of benzene rings is 1. The summed E-state index contributed by atoms with van der Waals surface area (Å²) in [5.74, 6) is -5.34. The first-order chi connectivity index (χ1) is 12.7. The number of aromatic amines is 1. The summed E-state index contributed by atoms with van der Waals surface area (Å²) in [5, 5.41) is 13.2. The number of hydrogen-bond donors (Lipinski definition) is 3. The van der Waals surface area contributed by atoms with Crippen molar-refractivity contribution < 1.29 is 27.6 Å². The maximum atomic E-state index is 12.3. The number of hydrogen-bond acceptors (Lipinski definition) is 6. The van der Waals surface area contributed by atoms with E-state index < -0.39 is 46.1 Å². The summed E-state index contributed by atoms with van der Waals surface area (Å²) >= 11 is -0.745. The third-order valence-corrected chi connectivity index (χ3v) is 3.91. The number of halogens is 3. The zero-order chi connectivity index (χ0) is 19.6. The van der Waals surface area contributed by atoms with E-state index in [2.05, 4.69) is 25.7 Å². The Kier molecular flexibility index (Phi) is 4.94. The lowest BCUT2D eigenvalue weighted by Gasteiger charge is -2.19. The SMILES string of the molecule is O=C1N=C(SC(F)(F)F)NC(=O)C1C(=O)Nc1ccc(-c2cn[nH]n2)cc1. The number of carbonyl (C=O) groups excluding carboxylic acids is 3. The number of alkyl halides is 3. The number of amidine groups is 1. The Morgan fingerprint density at radius 2 is 1.89 bits per heavy atom. The van der Waals surface area contributed by atoms with E-state index in [9.17, 15) is 27.6 Å². The molecular formula is C14H9F3N6O3S. The molecule has 2 heterocycles. The highest BCUT2D eigenvalue weighted by Gasteiger charge is 2.41. The predicted molar refractivity (Wildman–Crippen MR) is 88.2 cm³/mol. The molecule has 0 aliphatic carbocycles. The van der Waals surface area contributed by atoms with E-state index in [-0.39, 0.29) is 5.69 Å². The second-order valence-electron chi connectivity index (χ2n) is 5.15. The van der Waals surface area contributed by atoms with Gasteiger partial charge in [-0.05, 0) is 12.1 Å². The van der Waals surface area contributed by atoms with Gasteiger partial charge in [0.2, 0.25) is 11.8 Å². The van der Waals surface area contributed by atoms with E-state index in [1.165, 1.54) is 18.3 Å². The molecule has 1 aromatic heterocycles. The molecule has 3 rings (SSSR count). The van der Waals surface area contributed by atoms with Crippen LogP contribution in [0.15, 0.2) is 35.5 Å². The maximum Gasteiger partial charge on any atom is 0.449 e. The van der Waals surface area contributed by atoms with Crippen molar-refractivity contribution in [2.75, 3.05) is 5.32 Å². The molecule has 1 atom stereocenters. The van der Waals surface area contributed by atoms with Crippen LogP contribution in [-0.4, -0.2) is 43.8 Å². The first-order valence-electron chi connectivity index (χ1n) is 7.19. The Morgan fingerprint density at radius 1 is 1.19 bits per heavy atom. The summed E-state index contributed by atoms with van der Waals surface area (Å²) in [6, 6.07) is 6.24. The molecule has 140 valence electrons. The van der Waals surface area contributed by atoms with Crippen molar-refractivity contribution in [3.8, 4) is 11.3 Å². The molecule has 3 amide bonds. The fourth-order valence-electron chi connectivity index (χ4n) is 2.15. The van der Waals surface area contributed by atoms with Crippen LogP contribution in [0.1, 0.15) is 0 Å². The Bertz CT molecular complexity index is 911. The average molecular weight is 398 g/mol. The number of anilines is 1. The molecule has 0 radical (unpaired) electrons. The number of thioether (sulfide) groups is 1. The first kappa shape index (κ1) is 18.6. The third kappa shape index (κ3) is 4.49. The molecule has 0 bridgehead atoms. The molecule has 1 unspecified atom stereocenters. The van der Waals surface area contributed by atoms with Gasteiger partial charge in [0.05, 0.1) is 6.20 Å². The van der Waals surface area contributed by atoms with Crippen LogP contribution >= 0.6 is 11.8 Å². The molecule has 0 fully saturated rings. The van der Waals surface area contributed by atoms with Crippen LogP contribution in [0.25, 0.3) is 11.3 Å². The molecule has 1 aliphatic rings. The Hall–Kier alpha value is -3.22. The quantitative estimate of drug-likeness (QED) is 0.668. The van der Waals surface area contributed by atoms with E-state index in [1.807, 2.05) is 0 Å². The van der Waals surface area contributed by atoms with E-state index in [4.69, 9.17) is 0 Å². The van der Waals surface area contributed by atoms with Gasteiger partial charge >= 0.3 is 5.51 Å². The van der Waals surface area contributed by atoms with Gasteiger partial charge in [0.25, 0.3) is 5.91 Å². The van der Waals surface area contributed by atoms with E-state index in [1.54, 1.807) is 17.4 Å². The molecule has 0 spiro atoms. The van der Waals surface area contributed by atoms with Crippen molar-refractivity contribution in [2.24, 2.45) is 10.9 Å².